The maximum atomic E-state index is 12.2. The Hall–Kier alpha value is -1.62. The van der Waals surface area contributed by atoms with Gasteiger partial charge in [0, 0.05) is 11.8 Å². The third kappa shape index (κ3) is 2.06. The van der Waals surface area contributed by atoms with Gasteiger partial charge in [-0.15, -0.1) is 0 Å². The molecule has 2 aliphatic rings. The first kappa shape index (κ1) is 11.5. The van der Waals surface area contributed by atoms with Gasteiger partial charge < -0.3 is 14.8 Å². The van der Waals surface area contributed by atoms with Gasteiger partial charge in [-0.2, -0.15) is 0 Å². The molecule has 0 spiro atoms. The van der Waals surface area contributed by atoms with E-state index in [2.05, 4.69) is 0 Å². The predicted molar refractivity (Wildman–Crippen MR) is 63.8 cm³/mol. The summed E-state index contributed by atoms with van der Waals surface area (Å²) in [5.41, 5.74) is -0.246. The van der Waals surface area contributed by atoms with Gasteiger partial charge >= 0.3 is 5.97 Å². The van der Waals surface area contributed by atoms with E-state index in [0.717, 1.165) is 12.8 Å². The Morgan fingerprint density at radius 1 is 1.44 bits per heavy atom. The molecule has 0 amide bonds. The summed E-state index contributed by atoms with van der Waals surface area (Å²) in [6, 6.07) is 1.48. The number of hydrogen-bond donors (Lipinski definition) is 2. The number of rotatable bonds is 4. The van der Waals surface area contributed by atoms with Crippen LogP contribution in [0.1, 0.15) is 47.5 Å². The van der Waals surface area contributed by atoms with E-state index in [4.69, 9.17) is 5.11 Å². The molecule has 2 N–H and O–H groups in total. The summed E-state index contributed by atoms with van der Waals surface area (Å²) in [6.07, 6.45) is 4.59. The summed E-state index contributed by atoms with van der Waals surface area (Å²) in [7, 11) is 0. The highest BCUT2D eigenvalue weighted by molar-refractivity contribution is 5.87. The van der Waals surface area contributed by atoms with Crippen LogP contribution >= 0.6 is 0 Å². The quantitative estimate of drug-likeness (QED) is 0.832. The van der Waals surface area contributed by atoms with Gasteiger partial charge in [0.2, 0.25) is 0 Å². The minimum atomic E-state index is -1.03. The van der Waals surface area contributed by atoms with Gasteiger partial charge in [-0.05, 0) is 37.7 Å². The Bertz CT molecular complexity index is 567. The summed E-state index contributed by atoms with van der Waals surface area (Å²) < 4.78 is 1.37. The van der Waals surface area contributed by atoms with Crippen molar-refractivity contribution in [1.82, 2.24) is 4.57 Å². The number of carboxylic acid groups (broad SMARTS) is 1. The molecule has 96 valence electrons. The standard InChI is InChI=1S/C13H15NO4/c15-11-10(8-1-2-8)5-9(12(16)17)6-14(11)7-13(18)3-4-13/h5-6,8,18H,1-4,7H2,(H,16,17). The molecule has 0 atom stereocenters. The van der Waals surface area contributed by atoms with E-state index < -0.39 is 11.6 Å². The van der Waals surface area contributed by atoms with Crippen molar-refractivity contribution in [1.29, 1.82) is 0 Å². The van der Waals surface area contributed by atoms with Crippen LogP contribution in [0.25, 0.3) is 0 Å². The lowest BCUT2D eigenvalue weighted by Crippen LogP contribution is -2.30. The van der Waals surface area contributed by atoms with Crippen LogP contribution in [0.15, 0.2) is 17.1 Å². The van der Waals surface area contributed by atoms with Crippen LogP contribution in [0, 0.1) is 0 Å². The smallest absolute Gasteiger partial charge is 0.337 e. The molecule has 2 fully saturated rings. The molecule has 2 saturated carbocycles. The lowest BCUT2D eigenvalue weighted by molar-refractivity contribution is 0.0694. The van der Waals surface area contributed by atoms with Crippen LogP contribution < -0.4 is 5.56 Å². The number of carbonyl (C=O) groups is 1. The lowest BCUT2D eigenvalue weighted by Gasteiger charge is -2.13. The van der Waals surface area contributed by atoms with Crippen molar-refractivity contribution in [3.63, 3.8) is 0 Å². The largest absolute Gasteiger partial charge is 0.478 e. The fourth-order valence-corrected chi connectivity index (χ4v) is 2.20. The van der Waals surface area contributed by atoms with E-state index in [-0.39, 0.29) is 23.6 Å². The second-order valence-electron chi connectivity index (χ2n) is 5.42. The molecule has 1 aromatic rings. The Balaban J connectivity index is 2.04. The van der Waals surface area contributed by atoms with Crippen molar-refractivity contribution >= 4 is 5.97 Å². The molecular weight excluding hydrogens is 234 g/mol. The van der Waals surface area contributed by atoms with Crippen LogP contribution in [-0.2, 0) is 6.54 Å². The maximum Gasteiger partial charge on any atom is 0.337 e. The average molecular weight is 249 g/mol. The summed E-state index contributed by atoms with van der Waals surface area (Å²) in [4.78, 5) is 23.3. The lowest BCUT2D eigenvalue weighted by atomic mass is 10.1. The van der Waals surface area contributed by atoms with Crippen LogP contribution in [0.2, 0.25) is 0 Å². The van der Waals surface area contributed by atoms with Gasteiger partial charge in [0.05, 0.1) is 17.7 Å². The summed E-state index contributed by atoms with van der Waals surface area (Å²) >= 11 is 0. The highest BCUT2D eigenvalue weighted by Crippen LogP contribution is 2.39. The molecule has 5 nitrogen and oxygen atoms in total. The highest BCUT2D eigenvalue weighted by atomic mass is 16.4. The summed E-state index contributed by atoms with van der Waals surface area (Å²) in [5.74, 6) is -0.828. The first-order valence-corrected chi connectivity index (χ1v) is 6.19. The number of nitrogens with zero attached hydrogens (tertiary/aromatic N) is 1. The zero-order valence-electron chi connectivity index (χ0n) is 9.93. The molecule has 3 rings (SSSR count). The van der Waals surface area contributed by atoms with E-state index in [1.54, 1.807) is 0 Å². The number of pyridine rings is 1. The number of hydrogen-bond acceptors (Lipinski definition) is 3. The van der Waals surface area contributed by atoms with E-state index in [0.29, 0.717) is 18.4 Å². The molecule has 0 unspecified atom stereocenters. The number of aromatic nitrogens is 1. The Morgan fingerprint density at radius 3 is 2.61 bits per heavy atom. The minimum Gasteiger partial charge on any atom is -0.478 e. The van der Waals surface area contributed by atoms with Crippen molar-refractivity contribution in [2.75, 3.05) is 0 Å². The van der Waals surface area contributed by atoms with Crippen LogP contribution in [0.3, 0.4) is 0 Å². The molecule has 18 heavy (non-hydrogen) atoms. The van der Waals surface area contributed by atoms with Gasteiger partial charge in [0.1, 0.15) is 0 Å². The van der Waals surface area contributed by atoms with Crippen molar-refractivity contribution in [2.45, 2.75) is 43.7 Å². The van der Waals surface area contributed by atoms with Crippen molar-refractivity contribution in [3.8, 4) is 0 Å². The van der Waals surface area contributed by atoms with Gasteiger partial charge in [0.15, 0.2) is 0 Å². The van der Waals surface area contributed by atoms with E-state index in [9.17, 15) is 14.7 Å². The van der Waals surface area contributed by atoms with Gasteiger partial charge in [0.25, 0.3) is 5.56 Å². The summed E-state index contributed by atoms with van der Waals surface area (Å²) in [6.45, 7) is 0.201. The second kappa shape index (κ2) is 3.68. The van der Waals surface area contributed by atoms with Crippen molar-refractivity contribution < 1.29 is 15.0 Å². The third-order valence-electron chi connectivity index (χ3n) is 3.67. The fourth-order valence-electron chi connectivity index (χ4n) is 2.20. The monoisotopic (exact) mass is 249 g/mol. The van der Waals surface area contributed by atoms with Gasteiger partial charge in [-0.1, -0.05) is 0 Å². The second-order valence-corrected chi connectivity index (χ2v) is 5.42. The zero-order valence-corrected chi connectivity index (χ0v) is 9.93. The first-order chi connectivity index (χ1) is 8.48. The Labute approximate surface area is 104 Å². The normalized spacial score (nSPS) is 20.7. The van der Waals surface area contributed by atoms with Crippen molar-refractivity contribution in [3.05, 3.63) is 33.7 Å². The molecule has 0 aliphatic heterocycles. The average Bonchev–Trinajstić information content (AvgIpc) is 3.18. The van der Waals surface area contributed by atoms with Crippen LogP contribution in [0.4, 0.5) is 0 Å². The Morgan fingerprint density at radius 2 is 2.11 bits per heavy atom. The van der Waals surface area contributed by atoms with E-state index in [1.165, 1.54) is 16.8 Å². The van der Waals surface area contributed by atoms with E-state index in [1.807, 2.05) is 0 Å². The third-order valence-corrected chi connectivity index (χ3v) is 3.67. The first-order valence-electron chi connectivity index (χ1n) is 6.19. The molecule has 1 aromatic heterocycles. The van der Waals surface area contributed by atoms with Crippen LogP contribution in [0.5, 0.6) is 0 Å². The molecule has 0 bridgehead atoms. The van der Waals surface area contributed by atoms with Crippen LogP contribution in [-0.4, -0.2) is 26.4 Å². The Kier molecular flexibility index (Phi) is 2.35. The molecule has 0 saturated heterocycles. The van der Waals surface area contributed by atoms with Crippen molar-refractivity contribution in [2.24, 2.45) is 0 Å². The maximum absolute atomic E-state index is 12.2. The number of aromatic carboxylic acids is 1. The summed E-state index contributed by atoms with van der Waals surface area (Å²) in [5, 5.41) is 18.9. The fraction of sp³-hybridized carbons (Fsp3) is 0.538. The van der Waals surface area contributed by atoms with Gasteiger partial charge in [-0.25, -0.2) is 4.79 Å². The predicted octanol–water partition coefficient (Wildman–Crippen LogP) is 0.949. The number of carboxylic acids is 1. The highest BCUT2D eigenvalue weighted by Gasteiger charge is 2.41. The number of aliphatic hydroxyl groups is 1. The topological polar surface area (TPSA) is 79.5 Å². The molecular formula is C13H15NO4. The zero-order chi connectivity index (χ0) is 12.9. The SMILES string of the molecule is O=C(O)c1cc(C2CC2)c(=O)n(CC2(O)CC2)c1. The molecule has 0 aromatic carbocycles. The van der Waals surface area contributed by atoms with E-state index >= 15 is 0 Å². The molecule has 5 heteroatoms. The van der Waals surface area contributed by atoms with Gasteiger partial charge in [-0.3, -0.25) is 4.79 Å². The molecule has 2 aliphatic carbocycles. The minimum absolute atomic E-state index is 0.126. The molecule has 1 heterocycles. The molecule has 0 radical (unpaired) electrons.